The van der Waals surface area contributed by atoms with Gasteiger partial charge >= 0.3 is 0 Å². The van der Waals surface area contributed by atoms with Crippen LogP contribution in [0, 0.1) is 0 Å². The van der Waals surface area contributed by atoms with Crippen molar-refractivity contribution in [3.63, 3.8) is 0 Å². The second kappa shape index (κ2) is 4.64. The Morgan fingerprint density at radius 2 is 1.96 bits per heavy atom. The molecule has 1 aromatic heterocycles. The number of rotatable bonds is 1. The van der Waals surface area contributed by atoms with E-state index in [1.165, 1.54) is 0 Å². The molecule has 3 aromatic rings. The van der Waals surface area contributed by atoms with E-state index < -0.39 is 5.91 Å². The molecule has 24 heavy (non-hydrogen) atoms. The van der Waals surface area contributed by atoms with Crippen LogP contribution in [0.15, 0.2) is 54.3 Å². The van der Waals surface area contributed by atoms with Crippen molar-refractivity contribution < 1.29 is 14.3 Å². The average Bonchev–Trinajstić information content (AvgIpc) is 3.17. The summed E-state index contributed by atoms with van der Waals surface area (Å²) in [6, 6.07) is 15.7. The number of ether oxygens (including phenoxy) is 2. The molecule has 5 rings (SSSR count). The molecular formula is C19H14N2O3. The normalized spacial score (nSPS) is 15.2. The van der Waals surface area contributed by atoms with E-state index >= 15 is 0 Å². The van der Waals surface area contributed by atoms with Crippen molar-refractivity contribution in [2.75, 3.05) is 6.79 Å². The summed E-state index contributed by atoms with van der Waals surface area (Å²) >= 11 is 0. The maximum absolute atomic E-state index is 12.0. The van der Waals surface area contributed by atoms with Gasteiger partial charge in [-0.3, -0.25) is 4.79 Å². The average molecular weight is 318 g/mol. The first-order chi connectivity index (χ1) is 11.7. The molecule has 2 aromatic carbocycles. The van der Waals surface area contributed by atoms with Gasteiger partial charge in [0.05, 0.1) is 12.2 Å². The van der Waals surface area contributed by atoms with E-state index in [0.29, 0.717) is 17.9 Å². The summed E-state index contributed by atoms with van der Waals surface area (Å²) in [6.07, 6.45) is 0. The van der Waals surface area contributed by atoms with Crippen LogP contribution in [0.1, 0.15) is 15.9 Å². The van der Waals surface area contributed by atoms with Gasteiger partial charge in [-0.15, -0.1) is 0 Å². The van der Waals surface area contributed by atoms with Crippen LogP contribution in [-0.2, 0) is 16.0 Å². The monoisotopic (exact) mass is 318 g/mol. The van der Waals surface area contributed by atoms with Gasteiger partial charge in [0.25, 0.3) is 0 Å². The molecule has 0 saturated carbocycles. The predicted octanol–water partition coefficient (Wildman–Crippen LogP) is 3.09. The third kappa shape index (κ3) is 1.66. The van der Waals surface area contributed by atoms with Crippen molar-refractivity contribution in [1.29, 1.82) is 0 Å². The molecule has 0 atom stereocenters. The van der Waals surface area contributed by atoms with Crippen LogP contribution in [0.2, 0.25) is 0 Å². The van der Waals surface area contributed by atoms with E-state index in [4.69, 9.17) is 15.2 Å². The Labute approximate surface area is 137 Å². The number of para-hydroxylation sites is 1. The maximum atomic E-state index is 12.0. The highest BCUT2D eigenvalue weighted by molar-refractivity contribution is 6.04. The molecule has 0 unspecified atom stereocenters. The first kappa shape index (κ1) is 13.2. The number of carbonyl (C=O) groups excluding carboxylic acids is 1. The quantitative estimate of drug-likeness (QED) is 0.750. The number of amides is 1. The third-order valence-corrected chi connectivity index (χ3v) is 4.63. The fraction of sp³-hybridized carbons (Fsp3) is 0.105. The van der Waals surface area contributed by atoms with Crippen LogP contribution in [0.25, 0.3) is 27.9 Å². The van der Waals surface area contributed by atoms with E-state index in [9.17, 15) is 4.79 Å². The maximum Gasteiger partial charge on any atom is 0.249 e. The molecule has 1 amide bonds. The second-order valence-corrected chi connectivity index (χ2v) is 5.93. The van der Waals surface area contributed by atoms with Crippen LogP contribution in [0.4, 0.5) is 0 Å². The molecule has 0 fully saturated rings. The standard InChI is InChI=1S/C19H14N2O3/c20-19(22)13-6-3-5-12-17(13)15-8-11-4-1-2-7-14(11)21(15)9-16-18(12)24-10-23-16/h1-8H,9-10H2,(H2,20,22). The van der Waals surface area contributed by atoms with Gasteiger partial charge in [0, 0.05) is 27.6 Å². The molecule has 0 saturated heterocycles. The summed E-state index contributed by atoms with van der Waals surface area (Å²) in [4.78, 5) is 12.0. The Kier molecular flexibility index (Phi) is 2.56. The highest BCUT2D eigenvalue weighted by Gasteiger charge is 2.30. The zero-order chi connectivity index (χ0) is 16.3. The molecule has 5 heteroatoms. The summed E-state index contributed by atoms with van der Waals surface area (Å²) < 4.78 is 13.5. The van der Waals surface area contributed by atoms with Crippen molar-refractivity contribution >= 4 is 22.6 Å². The number of allylic oxidation sites excluding steroid dienone is 1. The number of aromatic nitrogens is 1. The molecule has 0 spiro atoms. The SMILES string of the molecule is NC(=O)c1cccc2c1-c1cc3ccccc3n1CC1=C2OCO1. The minimum atomic E-state index is -0.452. The zero-order valence-corrected chi connectivity index (χ0v) is 12.8. The van der Waals surface area contributed by atoms with Gasteiger partial charge in [0.15, 0.2) is 11.5 Å². The number of nitrogens with zero attached hydrogens (tertiary/aromatic N) is 1. The van der Waals surface area contributed by atoms with Gasteiger partial charge in [-0.05, 0) is 18.2 Å². The highest BCUT2D eigenvalue weighted by Crippen LogP contribution is 2.42. The van der Waals surface area contributed by atoms with Gasteiger partial charge in [0.2, 0.25) is 12.7 Å². The molecule has 118 valence electrons. The molecule has 2 N–H and O–H groups in total. The molecule has 5 nitrogen and oxygen atoms in total. The van der Waals surface area contributed by atoms with Gasteiger partial charge < -0.3 is 19.8 Å². The van der Waals surface area contributed by atoms with E-state index in [1.807, 2.05) is 24.3 Å². The van der Waals surface area contributed by atoms with Gasteiger partial charge in [-0.2, -0.15) is 0 Å². The Balaban J connectivity index is 1.94. The van der Waals surface area contributed by atoms with E-state index in [0.717, 1.165) is 33.5 Å². The Hall–Kier alpha value is -3.21. The largest absolute Gasteiger partial charge is 0.456 e. The fourth-order valence-corrected chi connectivity index (χ4v) is 3.61. The summed E-state index contributed by atoms with van der Waals surface area (Å²) in [7, 11) is 0. The summed E-state index contributed by atoms with van der Waals surface area (Å²) in [5.74, 6) is 1.02. The van der Waals surface area contributed by atoms with Crippen molar-refractivity contribution in [3.8, 4) is 11.3 Å². The molecule has 0 bridgehead atoms. The van der Waals surface area contributed by atoms with Crippen LogP contribution < -0.4 is 5.73 Å². The number of hydrogen-bond donors (Lipinski definition) is 1. The zero-order valence-electron chi connectivity index (χ0n) is 12.8. The van der Waals surface area contributed by atoms with Crippen LogP contribution in [0.3, 0.4) is 0 Å². The lowest BCUT2D eigenvalue weighted by Gasteiger charge is -2.13. The minimum absolute atomic E-state index is 0.194. The van der Waals surface area contributed by atoms with Crippen molar-refractivity contribution in [2.24, 2.45) is 5.73 Å². The number of nitrogens with two attached hydrogens (primary N) is 1. The molecule has 3 heterocycles. The van der Waals surface area contributed by atoms with Gasteiger partial charge in [-0.1, -0.05) is 30.3 Å². The summed E-state index contributed by atoms with van der Waals surface area (Å²) in [5.41, 5.74) is 9.81. The lowest BCUT2D eigenvalue weighted by molar-refractivity contribution is 0.0831. The minimum Gasteiger partial charge on any atom is -0.456 e. The number of primary amides is 1. The topological polar surface area (TPSA) is 66.5 Å². The molecule has 0 radical (unpaired) electrons. The van der Waals surface area contributed by atoms with Crippen molar-refractivity contribution in [2.45, 2.75) is 6.54 Å². The fourth-order valence-electron chi connectivity index (χ4n) is 3.61. The number of fused-ring (bicyclic) bond motifs is 6. The highest BCUT2D eigenvalue weighted by atomic mass is 16.7. The van der Waals surface area contributed by atoms with E-state index in [1.54, 1.807) is 6.07 Å². The number of hydrogen-bond acceptors (Lipinski definition) is 3. The summed E-state index contributed by atoms with van der Waals surface area (Å²) in [6.45, 7) is 0.754. The molecule has 2 aliphatic heterocycles. The first-order valence-electron chi connectivity index (χ1n) is 7.74. The Morgan fingerprint density at radius 1 is 1.08 bits per heavy atom. The number of carbonyl (C=O) groups is 1. The lowest BCUT2D eigenvalue weighted by atomic mass is 9.96. The van der Waals surface area contributed by atoms with E-state index in [2.05, 4.69) is 22.8 Å². The summed E-state index contributed by atoms with van der Waals surface area (Å²) in [5, 5.41) is 1.11. The van der Waals surface area contributed by atoms with Crippen LogP contribution >= 0.6 is 0 Å². The Morgan fingerprint density at radius 3 is 2.83 bits per heavy atom. The van der Waals surface area contributed by atoms with Gasteiger partial charge in [0.1, 0.15) is 0 Å². The van der Waals surface area contributed by atoms with Crippen LogP contribution in [-0.4, -0.2) is 17.3 Å². The first-order valence-corrected chi connectivity index (χ1v) is 7.74. The third-order valence-electron chi connectivity index (χ3n) is 4.63. The molecule has 2 aliphatic rings. The Bertz CT molecular complexity index is 1050. The molecule has 0 aliphatic carbocycles. The van der Waals surface area contributed by atoms with Crippen molar-refractivity contribution in [1.82, 2.24) is 4.57 Å². The van der Waals surface area contributed by atoms with Crippen molar-refractivity contribution in [3.05, 3.63) is 65.4 Å². The lowest BCUT2D eigenvalue weighted by Crippen LogP contribution is -2.14. The molecular weight excluding hydrogens is 304 g/mol. The van der Waals surface area contributed by atoms with Crippen LogP contribution in [0.5, 0.6) is 0 Å². The smallest absolute Gasteiger partial charge is 0.249 e. The predicted molar refractivity (Wildman–Crippen MR) is 89.8 cm³/mol. The van der Waals surface area contributed by atoms with E-state index in [-0.39, 0.29) is 6.79 Å². The van der Waals surface area contributed by atoms with Gasteiger partial charge in [-0.25, -0.2) is 0 Å². The number of benzene rings is 2. The second-order valence-electron chi connectivity index (χ2n) is 5.93.